The number of nitrogens with zero attached hydrogens (tertiary/aromatic N) is 1. The molecule has 128 valence electrons. The van der Waals surface area contributed by atoms with E-state index >= 15 is 0 Å². The van der Waals surface area contributed by atoms with Gasteiger partial charge in [-0.1, -0.05) is 12.1 Å². The fourth-order valence-corrected chi connectivity index (χ4v) is 2.29. The molecular formula is C16H17F3N4O. The summed E-state index contributed by atoms with van der Waals surface area (Å²) in [6, 6.07) is 4.37. The molecular weight excluding hydrogens is 321 g/mol. The molecule has 0 radical (unpaired) electrons. The first-order valence-corrected chi connectivity index (χ1v) is 7.19. The Morgan fingerprint density at radius 3 is 2.38 bits per heavy atom. The molecule has 1 unspecified atom stereocenters. The van der Waals surface area contributed by atoms with Gasteiger partial charge in [-0.15, -0.1) is 0 Å². The molecule has 5 nitrogen and oxygen atoms in total. The van der Waals surface area contributed by atoms with Gasteiger partial charge >= 0.3 is 6.18 Å². The highest BCUT2D eigenvalue weighted by Gasteiger charge is 2.30. The van der Waals surface area contributed by atoms with Gasteiger partial charge in [-0.3, -0.25) is 4.79 Å². The summed E-state index contributed by atoms with van der Waals surface area (Å²) >= 11 is 0. The fraction of sp³-hybridized carbons (Fsp3) is 0.312. The molecule has 0 fully saturated rings. The Balaban J connectivity index is 2.32. The van der Waals surface area contributed by atoms with Crippen LogP contribution in [0.25, 0.3) is 0 Å². The average Bonchev–Trinajstić information content (AvgIpc) is 2.45. The number of nitrogens with one attached hydrogen (secondary N) is 3. The molecule has 2 rings (SSSR count). The van der Waals surface area contributed by atoms with Crippen molar-refractivity contribution in [3.63, 3.8) is 0 Å². The average molecular weight is 338 g/mol. The molecule has 8 heteroatoms. The number of H-pyrrole nitrogens is 1. The standard InChI is InChI=1S/C16H17F3N4O/c1-8(20)13-14(22-10(3)23-15(13)24)21-9(2)11-4-6-12(7-5-11)16(17,18)19/h4-7,9,20H,1-3H3,(H2,21,22,23,24). The summed E-state index contributed by atoms with van der Waals surface area (Å²) in [6.45, 7) is 4.82. The van der Waals surface area contributed by atoms with Crippen LogP contribution >= 0.6 is 0 Å². The maximum absolute atomic E-state index is 12.6. The maximum Gasteiger partial charge on any atom is 0.416 e. The molecule has 3 N–H and O–H groups in total. The van der Waals surface area contributed by atoms with E-state index in [0.717, 1.165) is 12.1 Å². The summed E-state index contributed by atoms with van der Waals surface area (Å²) in [7, 11) is 0. The second kappa shape index (κ2) is 6.46. The first-order valence-electron chi connectivity index (χ1n) is 7.19. The minimum absolute atomic E-state index is 0.0471. The van der Waals surface area contributed by atoms with Crippen LogP contribution in [0.3, 0.4) is 0 Å². The number of rotatable bonds is 4. The minimum Gasteiger partial charge on any atom is -0.363 e. The summed E-state index contributed by atoms with van der Waals surface area (Å²) in [6.07, 6.45) is -4.38. The van der Waals surface area contributed by atoms with Gasteiger partial charge in [0.15, 0.2) is 0 Å². The number of anilines is 1. The van der Waals surface area contributed by atoms with E-state index in [1.165, 1.54) is 19.1 Å². The summed E-state index contributed by atoms with van der Waals surface area (Å²) < 4.78 is 37.8. The summed E-state index contributed by atoms with van der Waals surface area (Å²) in [5.41, 5.74) is -0.390. The molecule has 0 saturated heterocycles. The first kappa shape index (κ1) is 17.7. The van der Waals surface area contributed by atoms with Gasteiger partial charge in [0, 0.05) is 11.8 Å². The zero-order chi connectivity index (χ0) is 18.1. The zero-order valence-electron chi connectivity index (χ0n) is 13.4. The van der Waals surface area contributed by atoms with E-state index in [1.54, 1.807) is 13.8 Å². The third-order valence-corrected chi connectivity index (χ3v) is 3.50. The highest BCUT2D eigenvalue weighted by atomic mass is 19.4. The number of aromatic amines is 1. The molecule has 2 aromatic rings. The summed E-state index contributed by atoms with van der Waals surface area (Å²) in [5.74, 6) is 0.614. The van der Waals surface area contributed by atoms with Gasteiger partial charge in [0.1, 0.15) is 17.2 Å². The summed E-state index contributed by atoms with van der Waals surface area (Å²) in [5, 5.41) is 10.7. The molecule has 0 aliphatic heterocycles. The van der Waals surface area contributed by atoms with E-state index in [4.69, 9.17) is 5.41 Å². The van der Waals surface area contributed by atoms with Crippen molar-refractivity contribution in [3.8, 4) is 0 Å². The highest BCUT2D eigenvalue weighted by molar-refractivity contribution is 6.00. The summed E-state index contributed by atoms with van der Waals surface area (Å²) in [4.78, 5) is 18.7. The van der Waals surface area contributed by atoms with E-state index in [9.17, 15) is 18.0 Å². The number of halogens is 3. The molecule has 0 bridgehead atoms. The van der Waals surface area contributed by atoms with Gasteiger partial charge in [0.2, 0.25) is 0 Å². The van der Waals surface area contributed by atoms with E-state index in [1.807, 2.05) is 0 Å². The van der Waals surface area contributed by atoms with Crippen LogP contribution in [-0.2, 0) is 6.18 Å². The lowest BCUT2D eigenvalue weighted by Gasteiger charge is -2.18. The number of benzene rings is 1. The fourth-order valence-electron chi connectivity index (χ4n) is 2.29. The molecule has 0 aliphatic carbocycles. The third kappa shape index (κ3) is 3.81. The molecule has 1 atom stereocenters. The second-order valence-corrected chi connectivity index (χ2v) is 5.49. The van der Waals surface area contributed by atoms with Crippen molar-refractivity contribution in [1.29, 1.82) is 5.41 Å². The molecule has 1 aromatic heterocycles. The van der Waals surface area contributed by atoms with Gasteiger partial charge < -0.3 is 15.7 Å². The number of alkyl halides is 3. The van der Waals surface area contributed by atoms with Crippen LogP contribution in [0.1, 0.15) is 42.4 Å². The maximum atomic E-state index is 12.6. The number of aromatic nitrogens is 2. The van der Waals surface area contributed by atoms with Crippen LogP contribution in [0.5, 0.6) is 0 Å². The van der Waals surface area contributed by atoms with Crippen LogP contribution in [0.2, 0.25) is 0 Å². The smallest absolute Gasteiger partial charge is 0.363 e. The monoisotopic (exact) mass is 338 g/mol. The molecule has 0 spiro atoms. The van der Waals surface area contributed by atoms with Crippen molar-refractivity contribution in [1.82, 2.24) is 9.97 Å². The van der Waals surface area contributed by atoms with Crippen molar-refractivity contribution in [2.75, 3.05) is 5.32 Å². The van der Waals surface area contributed by atoms with Crippen LogP contribution in [0.4, 0.5) is 19.0 Å². The highest BCUT2D eigenvalue weighted by Crippen LogP contribution is 2.30. The third-order valence-electron chi connectivity index (χ3n) is 3.50. The van der Waals surface area contributed by atoms with Gasteiger partial charge in [0.25, 0.3) is 5.56 Å². The number of aryl methyl sites for hydroxylation is 1. The van der Waals surface area contributed by atoms with Crippen LogP contribution < -0.4 is 10.9 Å². The lowest BCUT2D eigenvalue weighted by Crippen LogP contribution is -2.23. The Kier molecular flexibility index (Phi) is 4.77. The second-order valence-electron chi connectivity index (χ2n) is 5.49. The van der Waals surface area contributed by atoms with Crippen molar-refractivity contribution < 1.29 is 13.2 Å². The Labute approximate surface area is 136 Å². The molecule has 0 aliphatic rings. The van der Waals surface area contributed by atoms with E-state index in [0.29, 0.717) is 11.4 Å². The lowest BCUT2D eigenvalue weighted by molar-refractivity contribution is -0.137. The predicted octanol–water partition coefficient (Wildman–Crippen LogP) is 3.66. The van der Waals surface area contributed by atoms with Gasteiger partial charge in [-0.05, 0) is 38.5 Å². The first-order chi connectivity index (χ1) is 11.1. The quantitative estimate of drug-likeness (QED) is 0.744. The molecule has 0 saturated carbocycles. The van der Waals surface area contributed by atoms with Crippen LogP contribution in [-0.4, -0.2) is 15.7 Å². The van der Waals surface area contributed by atoms with Gasteiger partial charge in [0.05, 0.1) is 5.56 Å². The van der Waals surface area contributed by atoms with E-state index in [-0.39, 0.29) is 23.1 Å². The van der Waals surface area contributed by atoms with E-state index in [2.05, 4.69) is 15.3 Å². The molecule has 0 amide bonds. The Morgan fingerprint density at radius 2 is 1.88 bits per heavy atom. The lowest BCUT2D eigenvalue weighted by atomic mass is 10.1. The minimum atomic E-state index is -4.38. The van der Waals surface area contributed by atoms with Gasteiger partial charge in [-0.25, -0.2) is 4.98 Å². The van der Waals surface area contributed by atoms with Crippen molar-refractivity contribution in [3.05, 3.63) is 57.1 Å². The topological polar surface area (TPSA) is 81.6 Å². The zero-order valence-corrected chi connectivity index (χ0v) is 13.4. The Hall–Kier alpha value is -2.64. The largest absolute Gasteiger partial charge is 0.416 e. The molecule has 24 heavy (non-hydrogen) atoms. The molecule has 1 aromatic carbocycles. The predicted molar refractivity (Wildman–Crippen MR) is 85.6 cm³/mol. The van der Waals surface area contributed by atoms with Crippen molar-refractivity contribution in [2.45, 2.75) is 33.0 Å². The Bertz CT molecular complexity index is 810. The van der Waals surface area contributed by atoms with E-state index < -0.39 is 17.3 Å². The van der Waals surface area contributed by atoms with Crippen molar-refractivity contribution in [2.24, 2.45) is 0 Å². The number of hydrogen-bond acceptors (Lipinski definition) is 4. The SMILES string of the molecule is CC(=N)c1c(NC(C)c2ccc(C(F)(F)F)cc2)nc(C)[nH]c1=O. The normalized spacial score (nSPS) is 12.8. The Morgan fingerprint density at radius 1 is 1.29 bits per heavy atom. The van der Waals surface area contributed by atoms with Crippen LogP contribution in [0.15, 0.2) is 29.1 Å². The van der Waals surface area contributed by atoms with Gasteiger partial charge in [-0.2, -0.15) is 13.2 Å². The number of hydrogen-bond donors (Lipinski definition) is 3. The van der Waals surface area contributed by atoms with Crippen molar-refractivity contribution >= 4 is 11.5 Å². The molecule has 1 heterocycles. The van der Waals surface area contributed by atoms with Crippen LogP contribution in [0, 0.1) is 12.3 Å².